The summed E-state index contributed by atoms with van der Waals surface area (Å²) in [6.45, 7) is 4.98. The van der Waals surface area contributed by atoms with E-state index in [1.165, 1.54) is 18.4 Å². The average Bonchev–Trinajstić information content (AvgIpc) is 2.84. The van der Waals surface area contributed by atoms with E-state index in [2.05, 4.69) is 34.6 Å². The van der Waals surface area contributed by atoms with Crippen LogP contribution in [0.2, 0.25) is 0 Å². The van der Waals surface area contributed by atoms with Gasteiger partial charge in [-0.2, -0.15) is 5.26 Å². The highest BCUT2D eigenvalue weighted by atomic mass is 15.3. The van der Waals surface area contributed by atoms with Crippen molar-refractivity contribution in [1.82, 2.24) is 4.57 Å². The summed E-state index contributed by atoms with van der Waals surface area (Å²) in [5, 5.41) is 9.44. The first kappa shape index (κ1) is 14.5. The summed E-state index contributed by atoms with van der Waals surface area (Å²) in [5.74, 6) is 1.67. The Labute approximate surface area is 131 Å². The van der Waals surface area contributed by atoms with Gasteiger partial charge in [0.05, 0.1) is 12.2 Å². The number of nitriles is 1. The maximum atomic E-state index is 9.44. The van der Waals surface area contributed by atoms with Crippen LogP contribution in [0.4, 0.5) is 11.5 Å². The number of hydrogen-bond donors (Lipinski definition) is 1. The van der Waals surface area contributed by atoms with Gasteiger partial charge in [-0.25, -0.2) is 0 Å². The van der Waals surface area contributed by atoms with Crippen LogP contribution in [0.1, 0.15) is 31.0 Å². The van der Waals surface area contributed by atoms with E-state index in [1.54, 1.807) is 6.07 Å². The lowest BCUT2D eigenvalue weighted by Crippen LogP contribution is -2.36. The number of piperidine rings is 1. The summed E-state index contributed by atoms with van der Waals surface area (Å²) in [5.41, 5.74) is 8.76. The quantitative estimate of drug-likeness (QED) is 0.945. The molecule has 1 atom stereocenters. The number of nitrogens with zero attached hydrogens (tertiary/aromatic N) is 3. The van der Waals surface area contributed by atoms with Crippen LogP contribution in [-0.4, -0.2) is 17.7 Å². The smallest absolute Gasteiger partial charge is 0.133 e. The average molecular weight is 294 g/mol. The topological polar surface area (TPSA) is 58.0 Å². The van der Waals surface area contributed by atoms with E-state index < -0.39 is 0 Å². The second kappa shape index (κ2) is 6.15. The molecular formula is C18H22N4. The van der Waals surface area contributed by atoms with Gasteiger partial charge < -0.3 is 15.2 Å². The van der Waals surface area contributed by atoms with Crippen LogP contribution < -0.4 is 10.6 Å². The van der Waals surface area contributed by atoms with E-state index in [-0.39, 0.29) is 0 Å². The predicted octanol–water partition coefficient (Wildman–Crippen LogP) is 3.23. The van der Waals surface area contributed by atoms with Gasteiger partial charge in [0.2, 0.25) is 0 Å². The third kappa shape index (κ3) is 2.80. The minimum absolute atomic E-state index is 0.634. The van der Waals surface area contributed by atoms with Crippen LogP contribution in [0.15, 0.2) is 36.4 Å². The van der Waals surface area contributed by atoms with Crippen LogP contribution in [0, 0.1) is 17.2 Å². The minimum atomic E-state index is 0.634. The van der Waals surface area contributed by atoms with Gasteiger partial charge in [0.15, 0.2) is 0 Å². The van der Waals surface area contributed by atoms with Gasteiger partial charge in [0, 0.05) is 13.1 Å². The summed E-state index contributed by atoms with van der Waals surface area (Å²) in [6.07, 6.45) is 2.44. The highest BCUT2D eigenvalue weighted by Gasteiger charge is 2.23. The maximum Gasteiger partial charge on any atom is 0.133 e. The molecule has 0 radical (unpaired) electrons. The molecule has 22 heavy (non-hydrogen) atoms. The minimum Gasteiger partial charge on any atom is -0.396 e. The Kier molecular flexibility index (Phi) is 4.06. The van der Waals surface area contributed by atoms with E-state index in [1.807, 2.05) is 18.2 Å². The van der Waals surface area contributed by atoms with Crippen LogP contribution in [0.5, 0.6) is 0 Å². The lowest BCUT2D eigenvalue weighted by Gasteiger charge is -2.34. The van der Waals surface area contributed by atoms with Gasteiger partial charge >= 0.3 is 0 Å². The zero-order chi connectivity index (χ0) is 15.5. The molecule has 1 unspecified atom stereocenters. The molecule has 114 valence electrons. The van der Waals surface area contributed by atoms with Crippen molar-refractivity contribution in [1.29, 1.82) is 5.26 Å². The maximum absolute atomic E-state index is 9.44. The Morgan fingerprint density at radius 1 is 1.32 bits per heavy atom. The number of aromatic nitrogens is 1. The second-order valence-electron chi connectivity index (χ2n) is 6.19. The summed E-state index contributed by atoms with van der Waals surface area (Å²) in [4.78, 5) is 2.34. The summed E-state index contributed by atoms with van der Waals surface area (Å²) >= 11 is 0. The molecule has 1 saturated heterocycles. The molecular weight excluding hydrogens is 272 g/mol. The third-order valence-corrected chi connectivity index (χ3v) is 4.35. The van der Waals surface area contributed by atoms with E-state index in [4.69, 9.17) is 5.73 Å². The van der Waals surface area contributed by atoms with Gasteiger partial charge in [-0.1, -0.05) is 37.3 Å². The molecule has 1 fully saturated rings. The van der Waals surface area contributed by atoms with Crippen molar-refractivity contribution in [2.24, 2.45) is 5.92 Å². The first-order chi connectivity index (χ1) is 10.7. The van der Waals surface area contributed by atoms with Gasteiger partial charge in [-0.05, 0) is 30.4 Å². The Morgan fingerprint density at radius 2 is 2.09 bits per heavy atom. The molecule has 2 N–H and O–H groups in total. The van der Waals surface area contributed by atoms with Gasteiger partial charge in [-0.15, -0.1) is 0 Å². The molecule has 0 spiro atoms. The van der Waals surface area contributed by atoms with Gasteiger partial charge in [-0.3, -0.25) is 0 Å². The Bertz CT molecular complexity index is 681. The molecule has 2 aromatic rings. The molecule has 4 nitrogen and oxygen atoms in total. The highest BCUT2D eigenvalue weighted by Crippen LogP contribution is 2.32. The van der Waals surface area contributed by atoms with Crippen molar-refractivity contribution in [3.8, 4) is 6.07 Å². The molecule has 3 rings (SSSR count). The highest BCUT2D eigenvalue weighted by molar-refractivity contribution is 5.68. The van der Waals surface area contributed by atoms with Crippen molar-refractivity contribution in [3.05, 3.63) is 47.7 Å². The largest absolute Gasteiger partial charge is 0.396 e. The molecule has 1 aromatic heterocycles. The first-order valence-corrected chi connectivity index (χ1v) is 7.87. The standard InChI is InChI=1S/C18H22N4/c1-14-6-5-9-21(12-14)18-17(20)10-16(11-19)22(18)13-15-7-3-2-4-8-15/h2-4,7-8,10,14H,5-6,9,12-13,20H2,1H3. The molecule has 0 bridgehead atoms. The Morgan fingerprint density at radius 3 is 2.77 bits per heavy atom. The number of benzene rings is 1. The predicted molar refractivity (Wildman–Crippen MR) is 89.7 cm³/mol. The lowest BCUT2D eigenvalue weighted by atomic mass is 10.0. The number of nitrogen functional groups attached to an aromatic ring is 1. The molecule has 0 amide bonds. The zero-order valence-electron chi connectivity index (χ0n) is 13.0. The van der Waals surface area contributed by atoms with Crippen molar-refractivity contribution in [2.45, 2.75) is 26.3 Å². The number of nitrogens with two attached hydrogens (primary N) is 1. The van der Waals surface area contributed by atoms with Crippen molar-refractivity contribution in [2.75, 3.05) is 23.7 Å². The Hall–Kier alpha value is -2.41. The SMILES string of the molecule is CC1CCCN(c2c(N)cc(C#N)n2Cc2ccccc2)C1. The fourth-order valence-corrected chi connectivity index (χ4v) is 3.31. The van der Waals surface area contributed by atoms with Gasteiger partial charge in [0.1, 0.15) is 17.6 Å². The summed E-state index contributed by atoms with van der Waals surface area (Å²) in [6, 6.07) is 14.3. The Balaban J connectivity index is 1.98. The van der Waals surface area contributed by atoms with E-state index in [0.29, 0.717) is 23.8 Å². The van der Waals surface area contributed by atoms with Crippen molar-refractivity contribution in [3.63, 3.8) is 0 Å². The number of rotatable bonds is 3. The molecule has 0 aliphatic carbocycles. The molecule has 1 aliphatic heterocycles. The first-order valence-electron chi connectivity index (χ1n) is 7.87. The summed E-state index contributed by atoms with van der Waals surface area (Å²) in [7, 11) is 0. The summed E-state index contributed by atoms with van der Waals surface area (Å²) < 4.78 is 2.06. The lowest BCUT2D eigenvalue weighted by molar-refractivity contribution is 0.441. The van der Waals surface area contributed by atoms with Crippen LogP contribution in [0.25, 0.3) is 0 Å². The fraction of sp³-hybridized carbons (Fsp3) is 0.389. The monoisotopic (exact) mass is 294 g/mol. The normalized spacial score (nSPS) is 18.2. The third-order valence-electron chi connectivity index (χ3n) is 4.35. The number of hydrogen-bond acceptors (Lipinski definition) is 3. The van der Waals surface area contributed by atoms with Crippen LogP contribution in [-0.2, 0) is 6.54 Å². The van der Waals surface area contributed by atoms with Crippen molar-refractivity contribution < 1.29 is 0 Å². The molecule has 2 heterocycles. The van der Waals surface area contributed by atoms with E-state index in [0.717, 1.165) is 18.9 Å². The fourth-order valence-electron chi connectivity index (χ4n) is 3.31. The zero-order valence-corrected chi connectivity index (χ0v) is 13.0. The molecule has 1 aliphatic rings. The number of anilines is 2. The van der Waals surface area contributed by atoms with Crippen LogP contribution >= 0.6 is 0 Å². The van der Waals surface area contributed by atoms with E-state index >= 15 is 0 Å². The van der Waals surface area contributed by atoms with Crippen LogP contribution in [0.3, 0.4) is 0 Å². The molecule has 1 aromatic carbocycles. The molecule has 4 heteroatoms. The van der Waals surface area contributed by atoms with Gasteiger partial charge in [0.25, 0.3) is 0 Å². The molecule has 0 saturated carbocycles. The van der Waals surface area contributed by atoms with E-state index in [9.17, 15) is 5.26 Å². The van der Waals surface area contributed by atoms with Crippen molar-refractivity contribution >= 4 is 11.5 Å². The second-order valence-corrected chi connectivity index (χ2v) is 6.19.